The first-order valence-corrected chi connectivity index (χ1v) is 10.5. The van der Waals surface area contributed by atoms with E-state index in [9.17, 15) is 8.42 Å². The molecule has 0 aliphatic rings. The van der Waals surface area contributed by atoms with Crippen LogP contribution in [0.5, 0.6) is 5.75 Å². The van der Waals surface area contributed by atoms with Crippen LogP contribution in [0.1, 0.15) is 5.56 Å². The lowest BCUT2D eigenvalue weighted by Crippen LogP contribution is -2.16. The second kappa shape index (κ2) is 7.56. The van der Waals surface area contributed by atoms with Crippen LogP contribution in [0, 0.1) is 6.92 Å². The number of nitrogens with zero attached hydrogens (tertiary/aromatic N) is 1. The average molecular weight is 405 g/mol. The summed E-state index contributed by atoms with van der Waals surface area (Å²) in [4.78, 5) is 4.74. The second-order valence-electron chi connectivity index (χ2n) is 6.51. The molecule has 0 fully saturated rings. The Kier molecular flexibility index (Phi) is 4.94. The molecule has 146 valence electrons. The third-order valence-corrected chi connectivity index (χ3v) is 6.37. The number of rotatable bonds is 4. The van der Waals surface area contributed by atoms with E-state index in [4.69, 9.17) is 9.15 Å². The third-order valence-electron chi connectivity index (χ3n) is 4.61. The van der Waals surface area contributed by atoms with Gasteiger partial charge in [-0.1, -0.05) is 48.5 Å². The molecule has 0 unspecified atom stereocenters. The summed E-state index contributed by atoms with van der Waals surface area (Å²) in [6, 6.07) is 22.6. The molecule has 4 aromatic rings. The number of hydrogen-bond acceptors (Lipinski definition) is 5. The number of para-hydroxylation sites is 2. The van der Waals surface area contributed by atoms with E-state index in [0.717, 1.165) is 5.56 Å². The zero-order valence-corrected chi connectivity index (χ0v) is 16.8. The van der Waals surface area contributed by atoms with E-state index in [1.165, 1.54) is 7.11 Å². The molecule has 0 aliphatic heterocycles. The van der Waals surface area contributed by atoms with Crippen molar-refractivity contribution in [3.63, 3.8) is 0 Å². The lowest BCUT2D eigenvalue weighted by atomic mass is 10.2. The maximum Gasteiger partial charge on any atom is 0.239 e. The Morgan fingerprint density at radius 1 is 0.897 bits per heavy atom. The Labute approximate surface area is 168 Å². The molecule has 0 saturated heterocycles. The van der Waals surface area contributed by atoms with Gasteiger partial charge in [0.05, 0.1) is 17.7 Å². The number of aryl methyl sites for hydroxylation is 1. The van der Waals surface area contributed by atoms with Crippen LogP contribution in [0.15, 0.2) is 98.1 Å². The van der Waals surface area contributed by atoms with Crippen molar-refractivity contribution in [3.8, 4) is 5.75 Å². The van der Waals surface area contributed by atoms with E-state index in [1.807, 2.05) is 31.2 Å². The van der Waals surface area contributed by atoms with Crippen molar-refractivity contribution in [2.24, 2.45) is 4.99 Å². The molecule has 0 amide bonds. The summed E-state index contributed by atoms with van der Waals surface area (Å²) in [7, 11) is -2.30. The monoisotopic (exact) mass is 405 g/mol. The minimum atomic E-state index is -3.84. The fraction of sp³-hybridized carbons (Fsp3) is 0.0870. The van der Waals surface area contributed by atoms with Crippen LogP contribution in [0.4, 0.5) is 5.69 Å². The molecular weight excluding hydrogens is 386 g/mol. The van der Waals surface area contributed by atoms with Crippen molar-refractivity contribution < 1.29 is 17.6 Å². The van der Waals surface area contributed by atoms with Crippen LogP contribution < -0.4 is 10.3 Å². The first-order valence-electron chi connectivity index (χ1n) is 9.02. The molecule has 0 radical (unpaired) electrons. The van der Waals surface area contributed by atoms with Gasteiger partial charge < -0.3 is 9.15 Å². The molecule has 29 heavy (non-hydrogen) atoms. The lowest BCUT2D eigenvalue weighted by molar-refractivity contribution is 0.404. The van der Waals surface area contributed by atoms with Gasteiger partial charge in [-0.3, -0.25) is 0 Å². The zero-order chi connectivity index (χ0) is 20.4. The summed E-state index contributed by atoms with van der Waals surface area (Å²) in [5.74, 6) is 0.507. The minimum absolute atomic E-state index is 0.00714. The molecule has 0 saturated carbocycles. The number of benzene rings is 3. The summed E-state index contributed by atoms with van der Waals surface area (Å²) in [6.07, 6.45) is 0. The van der Waals surface area contributed by atoms with Crippen LogP contribution in [0.3, 0.4) is 0 Å². The maximum atomic E-state index is 13.4. The predicted molar refractivity (Wildman–Crippen MR) is 111 cm³/mol. The van der Waals surface area contributed by atoms with Gasteiger partial charge in [0.2, 0.25) is 15.4 Å². The largest absolute Gasteiger partial charge is 0.493 e. The second-order valence-corrected chi connectivity index (χ2v) is 8.43. The number of ether oxygens (including phenoxy) is 1. The highest BCUT2D eigenvalue weighted by molar-refractivity contribution is 7.91. The summed E-state index contributed by atoms with van der Waals surface area (Å²) in [5, 5.41) is 0.614. The van der Waals surface area contributed by atoms with Gasteiger partial charge >= 0.3 is 0 Å². The number of hydrogen-bond donors (Lipinski definition) is 0. The van der Waals surface area contributed by atoms with Crippen molar-refractivity contribution in [1.29, 1.82) is 0 Å². The van der Waals surface area contributed by atoms with Crippen molar-refractivity contribution in [2.75, 3.05) is 7.11 Å². The van der Waals surface area contributed by atoms with Gasteiger partial charge in [0, 0.05) is 5.39 Å². The first kappa shape index (κ1) is 19.0. The van der Waals surface area contributed by atoms with E-state index in [0.29, 0.717) is 22.4 Å². The van der Waals surface area contributed by atoms with Crippen LogP contribution in [-0.2, 0) is 9.84 Å². The lowest BCUT2D eigenvalue weighted by Gasteiger charge is -2.09. The van der Waals surface area contributed by atoms with E-state index < -0.39 is 9.84 Å². The molecule has 4 rings (SSSR count). The highest BCUT2D eigenvalue weighted by Gasteiger charge is 2.23. The molecule has 0 atom stereocenters. The molecule has 1 heterocycles. The molecule has 0 N–H and O–H groups in total. The van der Waals surface area contributed by atoms with Gasteiger partial charge in [-0.05, 0) is 42.8 Å². The Morgan fingerprint density at radius 3 is 2.34 bits per heavy atom. The van der Waals surface area contributed by atoms with Gasteiger partial charge in [-0.25, -0.2) is 13.4 Å². The SMILES string of the molecule is COc1cccc2cc(S(=O)(=O)c3ccccc3)c(=Nc3ccccc3C)oc12. The molecular formula is C23H19NO4S. The van der Waals surface area contributed by atoms with Crippen molar-refractivity contribution in [3.05, 3.63) is 90.0 Å². The zero-order valence-electron chi connectivity index (χ0n) is 16.0. The highest BCUT2D eigenvalue weighted by atomic mass is 32.2. The topological polar surface area (TPSA) is 68.9 Å². The Bertz CT molecular complexity index is 1360. The maximum absolute atomic E-state index is 13.4. The van der Waals surface area contributed by atoms with Crippen molar-refractivity contribution >= 4 is 26.5 Å². The van der Waals surface area contributed by atoms with E-state index >= 15 is 0 Å². The van der Waals surface area contributed by atoms with E-state index in [1.54, 1.807) is 54.6 Å². The van der Waals surface area contributed by atoms with Crippen LogP contribution >= 0.6 is 0 Å². The number of methoxy groups -OCH3 is 1. The summed E-state index contributed by atoms with van der Waals surface area (Å²) in [5.41, 5.74) is 2.00. The molecule has 1 aromatic heterocycles. The van der Waals surface area contributed by atoms with Gasteiger partial charge in [0.25, 0.3) is 0 Å². The standard InChI is InChI=1S/C23H19NO4S/c1-16-9-6-7-13-19(16)24-23-21(29(25,26)18-11-4-3-5-12-18)15-17-10-8-14-20(27-2)22(17)28-23/h3-15H,1-2H3. The van der Waals surface area contributed by atoms with E-state index in [2.05, 4.69) is 4.99 Å². The van der Waals surface area contributed by atoms with Crippen LogP contribution in [-0.4, -0.2) is 15.5 Å². The van der Waals surface area contributed by atoms with Gasteiger partial charge in [-0.15, -0.1) is 0 Å². The first-order chi connectivity index (χ1) is 14.0. The van der Waals surface area contributed by atoms with E-state index in [-0.39, 0.29) is 15.3 Å². The van der Waals surface area contributed by atoms with Gasteiger partial charge in [-0.2, -0.15) is 0 Å². The van der Waals surface area contributed by atoms with Crippen molar-refractivity contribution in [1.82, 2.24) is 0 Å². The average Bonchev–Trinajstić information content (AvgIpc) is 2.75. The minimum Gasteiger partial charge on any atom is -0.493 e. The normalized spacial score (nSPS) is 12.3. The smallest absolute Gasteiger partial charge is 0.239 e. The summed E-state index contributed by atoms with van der Waals surface area (Å²) >= 11 is 0. The molecule has 6 heteroatoms. The number of sulfone groups is 1. The molecule has 5 nitrogen and oxygen atoms in total. The van der Waals surface area contributed by atoms with Gasteiger partial charge in [0.15, 0.2) is 11.3 Å². The molecule has 0 aliphatic carbocycles. The van der Waals surface area contributed by atoms with Gasteiger partial charge in [0.1, 0.15) is 4.90 Å². The summed E-state index contributed by atoms with van der Waals surface area (Å²) < 4.78 is 38.1. The Balaban J connectivity index is 2.09. The van der Waals surface area contributed by atoms with Crippen molar-refractivity contribution in [2.45, 2.75) is 16.7 Å². The summed E-state index contributed by atoms with van der Waals surface area (Å²) in [6.45, 7) is 1.91. The third kappa shape index (κ3) is 3.54. The predicted octanol–water partition coefficient (Wildman–Crippen LogP) is 4.82. The molecule has 0 spiro atoms. The fourth-order valence-corrected chi connectivity index (χ4v) is 4.43. The molecule has 3 aromatic carbocycles. The van der Waals surface area contributed by atoms with Crippen LogP contribution in [0.25, 0.3) is 11.0 Å². The van der Waals surface area contributed by atoms with Crippen LogP contribution in [0.2, 0.25) is 0 Å². The number of fused-ring (bicyclic) bond motifs is 1. The quantitative estimate of drug-likeness (QED) is 0.488. The Hall–Kier alpha value is -3.38. The Morgan fingerprint density at radius 2 is 1.62 bits per heavy atom. The molecule has 0 bridgehead atoms. The highest BCUT2D eigenvalue weighted by Crippen LogP contribution is 2.28. The fourth-order valence-electron chi connectivity index (χ4n) is 3.06.